The normalized spacial score (nSPS) is 14.5. The zero-order valence-corrected chi connectivity index (χ0v) is 21.4. The van der Waals surface area contributed by atoms with Gasteiger partial charge in [0, 0.05) is 51.3 Å². The summed E-state index contributed by atoms with van der Waals surface area (Å²) < 4.78 is 23.0. The Morgan fingerprint density at radius 2 is 1.77 bits per heavy atom. The third-order valence-electron chi connectivity index (χ3n) is 4.87. The van der Waals surface area contributed by atoms with E-state index in [2.05, 4.69) is 25.9 Å². The fourth-order valence-electron chi connectivity index (χ4n) is 3.22. The minimum Gasteiger partial charge on any atom is -0.356 e. The number of benzene rings is 1. The smallest absolute Gasteiger partial charge is 0.190 e. The largest absolute Gasteiger partial charge is 0.356 e. The first-order valence-corrected chi connectivity index (χ1v) is 12.7. The lowest BCUT2D eigenvalue weighted by atomic mass is 10.1. The van der Waals surface area contributed by atoms with Gasteiger partial charge in [-0.2, -0.15) is 0 Å². The fraction of sp³-hybridized carbons (Fsp3) is 0.500. The van der Waals surface area contributed by atoms with Gasteiger partial charge in [0.05, 0.1) is 10.6 Å². The molecule has 30 heavy (non-hydrogen) atoms. The number of nitrogens with one attached hydrogen (secondary N) is 2. The predicted molar refractivity (Wildman–Crippen MR) is 135 cm³/mol. The van der Waals surface area contributed by atoms with Crippen molar-refractivity contribution in [1.82, 2.24) is 15.6 Å². The van der Waals surface area contributed by atoms with Crippen LogP contribution in [0.5, 0.6) is 0 Å². The molecule has 0 bridgehead atoms. The Bertz CT molecular complexity index is 923. The van der Waals surface area contributed by atoms with Gasteiger partial charge in [-0.3, -0.25) is 4.99 Å². The summed E-state index contributed by atoms with van der Waals surface area (Å²) in [6.45, 7) is 3.73. The first-order valence-electron chi connectivity index (χ1n) is 9.88. The van der Waals surface area contributed by atoms with Gasteiger partial charge in [0.25, 0.3) is 0 Å². The highest BCUT2D eigenvalue weighted by Gasteiger charge is 2.15. The van der Waals surface area contributed by atoms with Crippen LogP contribution in [0.15, 0.2) is 39.5 Å². The average molecular weight is 564 g/mol. The van der Waals surface area contributed by atoms with E-state index >= 15 is 0 Å². The van der Waals surface area contributed by atoms with E-state index in [1.54, 1.807) is 30.5 Å². The van der Waals surface area contributed by atoms with Crippen LogP contribution in [0.3, 0.4) is 0 Å². The number of guanidine groups is 1. The van der Waals surface area contributed by atoms with E-state index in [4.69, 9.17) is 4.98 Å². The highest BCUT2D eigenvalue weighted by atomic mass is 127. The van der Waals surface area contributed by atoms with E-state index in [1.807, 2.05) is 12.1 Å². The topological polar surface area (TPSA) is 86.7 Å². The molecule has 1 aromatic heterocycles. The second-order valence-corrected chi connectivity index (χ2v) is 10.0. The standard InChI is InChI=1S/C20H29N5O2S2.HI/c1-21-19(22-11-9-16-5-7-18(8-6-16)29(2,26)27)23-12-10-17-15-28-20(24-17)25-13-3-4-14-25;/h5-8,15H,3-4,9-14H2,1-2H3,(H2,21,22,23);1H. The van der Waals surface area contributed by atoms with Gasteiger partial charge in [0.15, 0.2) is 20.9 Å². The van der Waals surface area contributed by atoms with Crippen molar-refractivity contribution in [3.63, 3.8) is 0 Å². The minimum atomic E-state index is -3.15. The Balaban J connectivity index is 0.00000320. The maximum atomic E-state index is 11.5. The van der Waals surface area contributed by atoms with Gasteiger partial charge in [-0.05, 0) is 37.0 Å². The van der Waals surface area contributed by atoms with Crippen LogP contribution in [-0.4, -0.2) is 58.8 Å². The summed E-state index contributed by atoms with van der Waals surface area (Å²) in [6, 6.07) is 7.02. The van der Waals surface area contributed by atoms with Gasteiger partial charge >= 0.3 is 0 Å². The molecule has 7 nitrogen and oxygen atoms in total. The number of anilines is 1. The van der Waals surface area contributed by atoms with E-state index in [9.17, 15) is 8.42 Å². The second-order valence-electron chi connectivity index (χ2n) is 7.16. The van der Waals surface area contributed by atoms with Crippen molar-refractivity contribution in [1.29, 1.82) is 0 Å². The summed E-state index contributed by atoms with van der Waals surface area (Å²) >= 11 is 1.73. The third kappa shape index (κ3) is 7.38. The van der Waals surface area contributed by atoms with Crippen LogP contribution in [0.4, 0.5) is 5.13 Å². The maximum absolute atomic E-state index is 11.5. The lowest BCUT2D eigenvalue weighted by Gasteiger charge is -2.12. The fourth-order valence-corrected chi connectivity index (χ4v) is 4.77. The van der Waals surface area contributed by atoms with Crippen molar-refractivity contribution >= 4 is 56.2 Å². The summed E-state index contributed by atoms with van der Waals surface area (Å²) in [5.41, 5.74) is 2.20. The van der Waals surface area contributed by atoms with Gasteiger partial charge in [0.2, 0.25) is 0 Å². The highest BCUT2D eigenvalue weighted by molar-refractivity contribution is 14.0. The molecule has 0 aliphatic carbocycles. The number of thiazole rings is 1. The molecule has 1 fully saturated rings. The summed E-state index contributed by atoms with van der Waals surface area (Å²) in [5, 5.41) is 9.90. The van der Waals surface area contributed by atoms with Crippen LogP contribution >= 0.6 is 35.3 Å². The Kier molecular flexibility index (Phi) is 9.82. The summed E-state index contributed by atoms with van der Waals surface area (Å²) in [5.74, 6) is 0.757. The highest BCUT2D eigenvalue weighted by Crippen LogP contribution is 2.24. The molecule has 0 unspecified atom stereocenters. The predicted octanol–water partition coefficient (Wildman–Crippen LogP) is 2.72. The maximum Gasteiger partial charge on any atom is 0.190 e. The van der Waals surface area contributed by atoms with Gasteiger partial charge in [0.1, 0.15) is 0 Å². The SMILES string of the molecule is CN=C(NCCc1ccc(S(C)(=O)=O)cc1)NCCc1csc(N2CCCC2)n1.I. The van der Waals surface area contributed by atoms with Crippen molar-refractivity contribution in [3.8, 4) is 0 Å². The molecule has 2 aromatic rings. The first kappa shape index (κ1) is 24.9. The second kappa shape index (κ2) is 11.8. The third-order valence-corrected chi connectivity index (χ3v) is 6.95. The zero-order valence-electron chi connectivity index (χ0n) is 17.4. The average Bonchev–Trinajstić information content (AvgIpc) is 3.38. The van der Waals surface area contributed by atoms with Crippen molar-refractivity contribution in [3.05, 3.63) is 40.9 Å². The van der Waals surface area contributed by atoms with E-state index in [-0.39, 0.29) is 24.0 Å². The molecule has 10 heteroatoms. The zero-order chi connectivity index (χ0) is 20.7. The molecule has 0 amide bonds. The minimum absolute atomic E-state index is 0. The van der Waals surface area contributed by atoms with Crippen LogP contribution in [0.1, 0.15) is 24.1 Å². The summed E-state index contributed by atoms with van der Waals surface area (Å²) in [4.78, 5) is 11.7. The van der Waals surface area contributed by atoms with Gasteiger partial charge in [-0.1, -0.05) is 12.1 Å². The summed E-state index contributed by atoms with van der Waals surface area (Å²) in [7, 11) is -1.39. The van der Waals surface area contributed by atoms with Crippen LogP contribution in [0, 0.1) is 0 Å². The van der Waals surface area contributed by atoms with Crippen molar-refractivity contribution in [2.75, 3.05) is 44.4 Å². The molecule has 1 aliphatic heterocycles. The van der Waals surface area contributed by atoms with Gasteiger partial charge in [-0.15, -0.1) is 35.3 Å². The number of hydrogen-bond acceptors (Lipinski definition) is 6. The molecule has 1 aliphatic rings. The molecule has 0 saturated carbocycles. The molecule has 2 N–H and O–H groups in total. The molecular formula is C20H30IN5O2S2. The molecule has 1 saturated heterocycles. The number of hydrogen-bond donors (Lipinski definition) is 2. The number of nitrogens with zero attached hydrogens (tertiary/aromatic N) is 3. The number of halogens is 1. The Hall–Kier alpha value is -1.40. The van der Waals surface area contributed by atoms with E-state index in [1.165, 1.54) is 19.1 Å². The van der Waals surface area contributed by atoms with Gasteiger partial charge in [-0.25, -0.2) is 13.4 Å². The molecule has 0 atom stereocenters. The Labute approximate surface area is 200 Å². The van der Waals surface area contributed by atoms with Crippen LogP contribution in [0.2, 0.25) is 0 Å². The van der Waals surface area contributed by atoms with Crippen LogP contribution in [0.25, 0.3) is 0 Å². The number of aliphatic imine (C=N–C) groups is 1. The van der Waals surface area contributed by atoms with Crippen LogP contribution < -0.4 is 15.5 Å². The number of aromatic nitrogens is 1. The molecule has 0 radical (unpaired) electrons. The van der Waals surface area contributed by atoms with Crippen molar-refractivity contribution < 1.29 is 8.42 Å². The Morgan fingerprint density at radius 3 is 2.37 bits per heavy atom. The molecular weight excluding hydrogens is 533 g/mol. The molecule has 2 heterocycles. The monoisotopic (exact) mass is 563 g/mol. The summed E-state index contributed by atoms with van der Waals surface area (Å²) in [6.07, 6.45) is 5.40. The quantitative estimate of drug-likeness (QED) is 0.292. The molecule has 0 spiro atoms. The van der Waals surface area contributed by atoms with E-state index < -0.39 is 9.84 Å². The number of rotatable bonds is 8. The first-order chi connectivity index (χ1) is 14.0. The lowest BCUT2D eigenvalue weighted by molar-refractivity contribution is 0.602. The Morgan fingerprint density at radius 1 is 1.13 bits per heavy atom. The van der Waals surface area contributed by atoms with E-state index in [0.29, 0.717) is 11.4 Å². The van der Waals surface area contributed by atoms with Crippen LogP contribution in [-0.2, 0) is 22.7 Å². The lowest BCUT2D eigenvalue weighted by Crippen LogP contribution is -2.39. The van der Waals surface area contributed by atoms with E-state index in [0.717, 1.165) is 54.8 Å². The van der Waals surface area contributed by atoms with Gasteiger partial charge < -0.3 is 15.5 Å². The molecule has 166 valence electrons. The van der Waals surface area contributed by atoms with Crippen molar-refractivity contribution in [2.45, 2.75) is 30.6 Å². The molecule has 3 rings (SSSR count). The molecule has 1 aromatic carbocycles. The number of sulfone groups is 1. The van der Waals surface area contributed by atoms with Crippen molar-refractivity contribution in [2.24, 2.45) is 4.99 Å².